The van der Waals surface area contributed by atoms with E-state index in [1.807, 2.05) is 12.1 Å². The van der Waals surface area contributed by atoms with E-state index in [1.54, 1.807) is 35.2 Å². The first kappa shape index (κ1) is 21.1. The Balaban J connectivity index is 1.68. The maximum absolute atomic E-state index is 14.8. The topological polar surface area (TPSA) is 114 Å². The molecule has 1 saturated heterocycles. The maximum atomic E-state index is 14.8. The quantitative estimate of drug-likeness (QED) is 0.447. The Morgan fingerprint density at radius 1 is 1.03 bits per heavy atom. The van der Waals surface area contributed by atoms with Gasteiger partial charge in [0.15, 0.2) is 0 Å². The van der Waals surface area contributed by atoms with Crippen molar-refractivity contribution in [2.45, 2.75) is 6.54 Å². The number of amides is 2. The molecule has 8 heteroatoms. The summed E-state index contributed by atoms with van der Waals surface area (Å²) in [6, 6.07) is 13.5. The lowest BCUT2D eigenvalue weighted by Crippen LogP contribution is -2.40. The first-order chi connectivity index (χ1) is 16.0. The van der Waals surface area contributed by atoms with Gasteiger partial charge in [-0.15, -0.1) is 0 Å². The van der Waals surface area contributed by atoms with Gasteiger partial charge in [-0.25, -0.2) is 4.39 Å². The maximum Gasteiger partial charge on any atom is 0.254 e. The van der Waals surface area contributed by atoms with E-state index in [0.717, 1.165) is 10.9 Å². The van der Waals surface area contributed by atoms with Crippen LogP contribution in [0.4, 0.5) is 4.39 Å². The number of halogens is 1. The lowest BCUT2D eigenvalue weighted by molar-refractivity contribution is 0.0303. The molecular weight excluding hydrogens is 423 g/mol. The Morgan fingerprint density at radius 3 is 2.52 bits per heavy atom. The molecule has 3 aromatic carbocycles. The molecule has 0 spiro atoms. The van der Waals surface area contributed by atoms with E-state index in [2.05, 4.69) is 4.98 Å². The van der Waals surface area contributed by atoms with Crippen LogP contribution in [0.1, 0.15) is 26.3 Å². The summed E-state index contributed by atoms with van der Waals surface area (Å²) in [6.07, 6.45) is 0. The molecule has 0 atom stereocenters. The molecular formula is C25H23FN4O3. The molecule has 4 aromatic rings. The summed E-state index contributed by atoms with van der Waals surface area (Å²) in [5.74, 6) is -1.14. The molecule has 0 unspecified atom stereocenters. The fourth-order valence-electron chi connectivity index (χ4n) is 4.35. The third kappa shape index (κ3) is 3.73. The number of primary amides is 1. The van der Waals surface area contributed by atoms with Gasteiger partial charge >= 0.3 is 0 Å². The van der Waals surface area contributed by atoms with E-state index in [-0.39, 0.29) is 18.0 Å². The van der Waals surface area contributed by atoms with E-state index in [1.165, 1.54) is 6.07 Å². The number of nitrogens with two attached hydrogens (primary N) is 2. The van der Waals surface area contributed by atoms with Crippen LogP contribution in [0.25, 0.3) is 32.9 Å². The predicted octanol–water partition coefficient (Wildman–Crippen LogP) is 3.16. The summed E-state index contributed by atoms with van der Waals surface area (Å²) in [5.41, 5.74) is 14.9. The summed E-state index contributed by atoms with van der Waals surface area (Å²) in [6.45, 7) is 2.34. The lowest BCUT2D eigenvalue weighted by Gasteiger charge is -2.26. The third-order valence-corrected chi connectivity index (χ3v) is 6.10. The number of fused-ring (bicyclic) bond motifs is 3. The van der Waals surface area contributed by atoms with Crippen LogP contribution in [0.3, 0.4) is 0 Å². The van der Waals surface area contributed by atoms with Crippen LogP contribution in [0, 0.1) is 5.82 Å². The minimum atomic E-state index is -0.628. The zero-order valence-electron chi connectivity index (χ0n) is 17.9. The monoisotopic (exact) mass is 446 g/mol. The van der Waals surface area contributed by atoms with Crippen LogP contribution in [0.2, 0.25) is 0 Å². The van der Waals surface area contributed by atoms with E-state index in [4.69, 9.17) is 16.2 Å². The number of benzene rings is 3. The molecule has 1 aromatic heterocycles. The molecule has 0 bridgehead atoms. The van der Waals surface area contributed by atoms with Gasteiger partial charge in [0.1, 0.15) is 5.82 Å². The standard InChI is InChI=1S/C25H23FN4O3/c26-21-9-14(13-27)1-3-17(21)16-11-19-18-10-15(25(32)30-5-7-33-8-6-30)2-4-22(18)29-23(19)20(12-16)24(28)31/h1-4,9-12,29H,5-8,13,27H2,(H2,28,31). The Hall–Kier alpha value is -3.75. The zero-order valence-corrected chi connectivity index (χ0v) is 17.9. The van der Waals surface area contributed by atoms with Crippen LogP contribution in [0.5, 0.6) is 0 Å². The molecule has 1 aliphatic heterocycles. The van der Waals surface area contributed by atoms with Crippen LogP contribution >= 0.6 is 0 Å². The van der Waals surface area contributed by atoms with Gasteiger partial charge in [0.25, 0.3) is 11.8 Å². The van der Waals surface area contributed by atoms with Crippen LogP contribution < -0.4 is 11.5 Å². The normalized spacial score (nSPS) is 14.2. The molecule has 33 heavy (non-hydrogen) atoms. The van der Waals surface area contributed by atoms with E-state index >= 15 is 0 Å². The van der Waals surface area contributed by atoms with Gasteiger partial charge in [-0.1, -0.05) is 12.1 Å². The minimum absolute atomic E-state index is 0.0794. The molecule has 0 aliphatic carbocycles. The van der Waals surface area contributed by atoms with Gasteiger partial charge in [-0.2, -0.15) is 0 Å². The number of aromatic amines is 1. The van der Waals surface area contributed by atoms with Crippen molar-refractivity contribution in [2.75, 3.05) is 26.3 Å². The highest BCUT2D eigenvalue weighted by Gasteiger charge is 2.21. The largest absolute Gasteiger partial charge is 0.378 e. The number of ether oxygens (including phenoxy) is 1. The van der Waals surface area contributed by atoms with Gasteiger partial charge in [-0.3, -0.25) is 9.59 Å². The molecule has 2 heterocycles. The van der Waals surface area contributed by atoms with Crippen molar-refractivity contribution in [3.8, 4) is 11.1 Å². The number of nitrogens with zero attached hydrogens (tertiary/aromatic N) is 1. The Morgan fingerprint density at radius 2 is 1.82 bits per heavy atom. The van der Waals surface area contributed by atoms with Crippen molar-refractivity contribution in [2.24, 2.45) is 11.5 Å². The summed E-state index contributed by atoms with van der Waals surface area (Å²) >= 11 is 0. The first-order valence-electron chi connectivity index (χ1n) is 10.7. The van der Waals surface area contributed by atoms with E-state index in [0.29, 0.717) is 59.5 Å². The minimum Gasteiger partial charge on any atom is -0.378 e. The van der Waals surface area contributed by atoms with Crippen molar-refractivity contribution in [3.63, 3.8) is 0 Å². The second-order valence-corrected chi connectivity index (χ2v) is 8.12. The van der Waals surface area contributed by atoms with Gasteiger partial charge in [0.2, 0.25) is 0 Å². The van der Waals surface area contributed by atoms with Gasteiger partial charge < -0.3 is 26.1 Å². The summed E-state index contributed by atoms with van der Waals surface area (Å²) in [7, 11) is 0. The highest BCUT2D eigenvalue weighted by atomic mass is 19.1. The molecule has 0 radical (unpaired) electrons. The third-order valence-electron chi connectivity index (χ3n) is 6.10. The van der Waals surface area contributed by atoms with Crippen LogP contribution in [0.15, 0.2) is 48.5 Å². The Kier molecular flexibility index (Phi) is 5.32. The summed E-state index contributed by atoms with van der Waals surface area (Å²) in [5, 5.41) is 1.45. The number of aromatic nitrogens is 1. The number of hydrogen-bond donors (Lipinski definition) is 3. The predicted molar refractivity (Wildman–Crippen MR) is 124 cm³/mol. The lowest BCUT2D eigenvalue weighted by atomic mass is 9.97. The highest BCUT2D eigenvalue weighted by Crippen LogP contribution is 2.34. The number of nitrogens with one attached hydrogen (secondary N) is 1. The molecule has 1 aliphatic rings. The second kappa shape index (κ2) is 8.31. The summed E-state index contributed by atoms with van der Waals surface area (Å²) < 4.78 is 20.2. The SMILES string of the molecule is NCc1ccc(-c2cc(C(N)=O)c3[nH]c4ccc(C(=O)N5CCOCC5)cc4c3c2)c(F)c1. The average molecular weight is 446 g/mol. The van der Waals surface area contributed by atoms with Crippen LogP contribution in [-0.4, -0.2) is 48.0 Å². The Bertz CT molecular complexity index is 1410. The number of carbonyl (C=O) groups excluding carboxylic acids is 2. The molecule has 168 valence electrons. The molecule has 2 amide bonds. The number of H-pyrrole nitrogens is 1. The second-order valence-electron chi connectivity index (χ2n) is 8.12. The average Bonchev–Trinajstić information content (AvgIpc) is 3.21. The van der Waals surface area contributed by atoms with Crippen molar-refractivity contribution in [3.05, 3.63) is 71.0 Å². The molecule has 1 fully saturated rings. The summed E-state index contributed by atoms with van der Waals surface area (Å²) in [4.78, 5) is 30.2. The number of morpholine rings is 1. The molecule has 0 saturated carbocycles. The van der Waals surface area contributed by atoms with Gasteiger partial charge in [0, 0.05) is 47.1 Å². The number of carbonyl (C=O) groups is 2. The highest BCUT2D eigenvalue weighted by molar-refractivity contribution is 6.17. The van der Waals surface area contributed by atoms with E-state index < -0.39 is 11.7 Å². The first-order valence-corrected chi connectivity index (χ1v) is 10.7. The Labute approximate surface area is 189 Å². The smallest absolute Gasteiger partial charge is 0.254 e. The zero-order chi connectivity index (χ0) is 23.1. The molecule has 7 nitrogen and oxygen atoms in total. The van der Waals surface area contributed by atoms with Gasteiger partial charge in [-0.05, 0) is 47.5 Å². The molecule has 5 N–H and O–H groups in total. The van der Waals surface area contributed by atoms with Crippen molar-refractivity contribution >= 4 is 33.6 Å². The number of hydrogen-bond acceptors (Lipinski definition) is 4. The van der Waals surface area contributed by atoms with Crippen molar-refractivity contribution in [1.29, 1.82) is 0 Å². The fourth-order valence-corrected chi connectivity index (χ4v) is 4.35. The van der Waals surface area contributed by atoms with Crippen molar-refractivity contribution in [1.82, 2.24) is 9.88 Å². The van der Waals surface area contributed by atoms with Gasteiger partial charge in [0.05, 0.1) is 24.3 Å². The molecule has 5 rings (SSSR count). The van der Waals surface area contributed by atoms with Crippen LogP contribution in [-0.2, 0) is 11.3 Å². The number of rotatable bonds is 4. The fraction of sp³-hybridized carbons (Fsp3) is 0.200. The van der Waals surface area contributed by atoms with Crippen molar-refractivity contribution < 1.29 is 18.7 Å². The van der Waals surface area contributed by atoms with E-state index in [9.17, 15) is 14.0 Å².